The van der Waals surface area contributed by atoms with Crippen molar-refractivity contribution in [2.24, 2.45) is 0 Å². The molecule has 0 rings (SSSR count). The van der Waals surface area contributed by atoms with E-state index in [-0.39, 0.29) is 0 Å². The Kier molecular flexibility index (Phi) is 5.70. The van der Waals surface area contributed by atoms with E-state index in [9.17, 15) is 0 Å². The maximum Gasteiger partial charge on any atom is 0.00641 e. The van der Waals surface area contributed by atoms with Crippen LogP contribution in [0.1, 0.15) is 40.5 Å². The fraction of sp³-hybridized carbons (Fsp3) is 1.00. The van der Waals surface area contributed by atoms with Gasteiger partial charge < -0.3 is 4.90 Å². The lowest BCUT2D eigenvalue weighted by Gasteiger charge is -2.26. The Bertz CT molecular complexity index is 71.1. The lowest BCUT2D eigenvalue weighted by Crippen LogP contribution is -2.32. The molecule has 0 fully saturated rings. The van der Waals surface area contributed by atoms with Crippen molar-refractivity contribution in [1.29, 1.82) is 0 Å². The third kappa shape index (κ3) is 3.21. The first kappa shape index (κ1) is 9.96. The predicted molar refractivity (Wildman–Crippen MR) is 47.3 cm³/mol. The Hall–Kier alpha value is -0.0400. The smallest absolute Gasteiger partial charge is 0.00641 e. The lowest BCUT2D eigenvalue weighted by atomic mass is 10.2. The van der Waals surface area contributed by atoms with E-state index in [0.29, 0.717) is 0 Å². The number of hydrogen-bond donors (Lipinski definition) is 0. The largest absolute Gasteiger partial charge is 0.301 e. The fourth-order valence-electron chi connectivity index (χ4n) is 1.24. The molecule has 0 spiro atoms. The summed E-state index contributed by atoms with van der Waals surface area (Å²) in [6.07, 6.45) is 2.55. The molecule has 0 bridgehead atoms. The molecule has 0 radical (unpaired) electrons. The molecule has 1 atom stereocenters. The van der Waals surface area contributed by atoms with Crippen LogP contribution in [0, 0.1) is 0 Å². The van der Waals surface area contributed by atoms with Gasteiger partial charge in [0.05, 0.1) is 0 Å². The van der Waals surface area contributed by atoms with Gasteiger partial charge >= 0.3 is 0 Å². The molecule has 0 saturated carbocycles. The van der Waals surface area contributed by atoms with Crippen LogP contribution in [-0.2, 0) is 0 Å². The van der Waals surface area contributed by atoms with E-state index in [2.05, 4.69) is 32.6 Å². The molecule has 0 aromatic rings. The Labute approximate surface area is 65.4 Å². The molecular formula is C9H21N. The summed E-state index contributed by atoms with van der Waals surface area (Å²) in [5.41, 5.74) is 0. The van der Waals surface area contributed by atoms with Gasteiger partial charge in [-0.15, -0.1) is 0 Å². The van der Waals surface area contributed by atoms with Crippen molar-refractivity contribution in [2.45, 2.75) is 46.6 Å². The molecular weight excluding hydrogens is 122 g/mol. The minimum atomic E-state index is 0.768. The van der Waals surface area contributed by atoms with Crippen molar-refractivity contribution in [2.75, 3.05) is 13.1 Å². The third-order valence-corrected chi connectivity index (χ3v) is 2.13. The Morgan fingerprint density at radius 3 is 2.10 bits per heavy atom. The van der Waals surface area contributed by atoms with Crippen LogP contribution in [-0.4, -0.2) is 24.0 Å². The van der Waals surface area contributed by atoms with Crippen LogP contribution in [0.5, 0.6) is 0 Å². The van der Waals surface area contributed by atoms with Crippen molar-refractivity contribution in [1.82, 2.24) is 4.90 Å². The second-order valence-corrected chi connectivity index (χ2v) is 2.89. The van der Waals surface area contributed by atoms with Crippen LogP contribution >= 0.6 is 0 Å². The topological polar surface area (TPSA) is 3.24 Å². The molecule has 1 heteroatoms. The molecule has 1 nitrogen and oxygen atoms in total. The van der Waals surface area contributed by atoms with Crippen LogP contribution in [0.2, 0.25) is 0 Å². The van der Waals surface area contributed by atoms with Gasteiger partial charge in [-0.1, -0.05) is 20.8 Å². The summed E-state index contributed by atoms with van der Waals surface area (Å²) in [6, 6.07) is 0.768. The quantitative estimate of drug-likeness (QED) is 0.571. The Morgan fingerprint density at radius 2 is 1.80 bits per heavy atom. The monoisotopic (exact) mass is 143 g/mol. The highest BCUT2D eigenvalue weighted by atomic mass is 15.1. The summed E-state index contributed by atoms with van der Waals surface area (Å²) in [4.78, 5) is 2.53. The second-order valence-electron chi connectivity index (χ2n) is 2.89. The summed E-state index contributed by atoms with van der Waals surface area (Å²) in [7, 11) is 0. The summed E-state index contributed by atoms with van der Waals surface area (Å²) < 4.78 is 0. The van der Waals surface area contributed by atoms with Gasteiger partial charge in [0, 0.05) is 6.04 Å². The first-order valence-electron chi connectivity index (χ1n) is 4.50. The van der Waals surface area contributed by atoms with E-state index in [4.69, 9.17) is 0 Å². The molecule has 0 aromatic heterocycles. The van der Waals surface area contributed by atoms with E-state index in [1.807, 2.05) is 0 Å². The Balaban J connectivity index is 3.56. The summed E-state index contributed by atoms with van der Waals surface area (Å²) in [5.74, 6) is 0. The molecule has 0 heterocycles. The third-order valence-electron chi connectivity index (χ3n) is 2.13. The average Bonchev–Trinajstić information content (AvgIpc) is 1.99. The first-order valence-corrected chi connectivity index (χ1v) is 4.50. The zero-order chi connectivity index (χ0) is 7.98. The molecule has 0 aromatic carbocycles. The minimum Gasteiger partial charge on any atom is -0.301 e. The number of hydrogen-bond acceptors (Lipinski definition) is 1. The zero-order valence-corrected chi connectivity index (χ0v) is 7.85. The summed E-state index contributed by atoms with van der Waals surface area (Å²) in [6.45, 7) is 11.5. The van der Waals surface area contributed by atoms with Crippen LogP contribution < -0.4 is 0 Å². The summed E-state index contributed by atoms with van der Waals surface area (Å²) in [5, 5.41) is 0. The molecule has 0 aliphatic carbocycles. The first-order chi connectivity index (χ1) is 4.76. The van der Waals surface area contributed by atoms with E-state index in [1.54, 1.807) is 0 Å². The van der Waals surface area contributed by atoms with Gasteiger partial charge in [-0.05, 0) is 32.9 Å². The van der Waals surface area contributed by atoms with E-state index in [0.717, 1.165) is 6.04 Å². The average molecular weight is 143 g/mol. The van der Waals surface area contributed by atoms with Gasteiger partial charge in [-0.3, -0.25) is 0 Å². The van der Waals surface area contributed by atoms with Crippen LogP contribution in [0.25, 0.3) is 0 Å². The van der Waals surface area contributed by atoms with Gasteiger partial charge in [-0.25, -0.2) is 0 Å². The van der Waals surface area contributed by atoms with Crippen LogP contribution in [0.15, 0.2) is 0 Å². The van der Waals surface area contributed by atoms with Crippen molar-refractivity contribution >= 4 is 0 Å². The van der Waals surface area contributed by atoms with Crippen molar-refractivity contribution in [3.63, 3.8) is 0 Å². The maximum atomic E-state index is 2.53. The molecule has 1 unspecified atom stereocenters. The van der Waals surface area contributed by atoms with Crippen LogP contribution in [0.4, 0.5) is 0 Å². The Morgan fingerprint density at radius 1 is 1.20 bits per heavy atom. The summed E-state index contributed by atoms with van der Waals surface area (Å²) >= 11 is 0. The van der Waals surface area contributed by atoms with Crippen LogP contribution in [0.3, 0.4) is 0 Å². The molecule has 0 N–H and O–H groups in total. The molecule has 0 amide bonds. The van der Waals surface area contributed by atoms with Crippen molar-refractivity contribution < 1.29 is 0 Å². The van der Waals surface area contributed by atoms with Gasteiger partial charge in [-0.2, -0.15) is 0 Å². The van der Waals surface area contributed by atoms with Crippen molar-refractivity contribution in [3.05, 3.63) is 0 Å². The highest BCUT2D eigenvalue weighted by Gasteiger charge is 2.06. The normalized spacial score (nSPS) is 14.1. The maximum absolute atomic E-state index is 2.53. The predicted octanol–water partition coefficient (Wildman–Crippen LogP) is 2.52. The van der Waals surface area contributed by atoms with Gasteiger partial charge in [0.2, 0.25) is 0 Å². The standard InChI is InChI=1S/C9H21N/c1-5-8-10(7-3)9(4)6-2/h9H,5-8H2,1-4H3. The zero-order valence-electron chi connectivity index (χ0n) is 7.85. The SMILES string of the molecule is CCCN(CC)C(C)CC. The van der Waals surface area contributed by atoms with Gasteiger partial charge in [0.25, 0.3) is 0 Å². The van der Waals surface area contributed by atoms with Crippen molar-refractivity contribution in [3.8, 4) is 0 Å². The number of rotatable bonds is 5. The van der Waals surface area contributed by atoms with E-state index in [1.165, 1.54) is 25.9 Å². The number of nitrogens with zero attached hydrogens (tertiary/aromatic N) is 1. The molecule has 62 valence electrons. The minimum absolute atomic E-state index is 0.768. The van der Waals surface area contributed by atoms with Gasteiger partial charge in [0.15, 0.2) is 0 Å². The lowest BCUT2D eigenvalue weighted by molar-refractivity contribution is 0.215. The molecule has 0 saturated heterocycles. The van der Waals surface area contributed by atoms with Gasteiger partial charge in [0.1, 0.15) is 0 Å². The molecule has 0 aliphatic heterocycles. The van der Waals surface area contributed by atoms with E-state index >= 15 is 0 Å². The second kappa shape index (κ2) is 5.72. The highest BCUT2D eigenvalue weighted by molar-refractivity contribution is 4.62. The molecule has 0 aliphatic rings. The van der Waals surface area contributed by atoms with E-state index < -0.39 is 0 Å². The molecule has 10 heavy (non-hydrogen) atoms. The fourth-order valence-corrected chi connectivity index (χ4v) is 1.24. The highest BCUT2D eigenvalue weighted by Crippen LogP contribution is 2.02.